The lowest BCUT2D eigenvalue weighted by atomic mass is 9.68. The fraction of sp³-hybridized carbons (Fsp3) is 0.500. The average Bonchev–Trinajstić information content (AvgIpc) is 2.31. The van der Waals surface area contributed by atoms with Gasteiger partial charge in [0.25, 0.3) is 0 Å². The minimum absolute atomic E-state index is 0.340. The fourth-order valence-corrected chi connectivity index (χ4v) is 2.59. The molecule has 17 heavy (non-hydrogen) atoms. The van der Waals surface area contributed by atoms with Crippen molar-refractivity contribution in [3.63, 3.8) is 0 Å². The molecule has 1 aliphatic carbocycles. The van der Waals surface area contributed by atoms with Crippen LogP contribution in [0.3, 0.4) is 0 Å². The van der Waals surface area contributed by atoms with Gasteiger partial charge in [-0.2, -0.15) is 0 Å². The molecule has 2 rings (SSSR count). The highest BCUT2D eigenvalue weighted by Gasteiger charge is 2.43. The lowest BCUT2D eigenvalue weighted by Gasteiger charge is -2.35. The number of aliphatic hydroxyl groups excluding tert-OH is 1. The van der Waals surface area contributed by atoms with Crippen molar-refractivity contribution < 1.29 is 15.0 Å². The lowest BCUT2D eigenvalue weighted by molar-refractivity contribution is -0.146. The summed E-state index contributed by atoms with van der Waals surface area (Å²) >= 11 is 0. The zero-order valence-electron chi connectivity index (χ0n) is 10.0. The fourth-order valence-electron chi connectivity index (χ4n) is 2.59. The van der Waals surface area contributed by atoms with Gasteiger partial charge >= 0.3 is 5.97 Å². The molecule has 3 heteroatoms. The molecule has 1 saturated carbocycles. The van der Waals surface area contributed by atoms with Crippen molar-refractivity contribution in [2.24, 2.45) is 0 Å². The Balaban J connectivity index is 2.35. The Morgan fingerprint density at radius 2 is 1.76 bits per heavy atom. The first kappa shape index (κ1) is 12.1. The third-order valence-corrected chi connectivity index (χ3v) is 3.82. The molecular weight excluding hydrogens is 216 g/mol. The summed E-state index contributed by atoms with van der Waals surface area (Å²) in [4.78, 5) is 11.6. The van der Waals surface area contributed by atoms with E-state index >= 15 is 0 Å². The minimum atomic E-state index is -0.799. The summed E-state index contributed by atoms with van der Waals surface area (Å²) in [5.74, 6) is -0.770. The van der Waals surface area contributed by atoms with Gasteiger partial charge in [0.15, 0.2) is 0 Å². The van der Waals surface area contributed by atoms with Gasteiger partial charge in [0.2, 0.25) is 0 Å². The Hall–Kier alpha value is -1.35. The van der Waals surface area contributed by atoms with Gasteiger partial charge in [0, 0.05) is 0 Å². The van der Waals surface area contributed by atoms with Gasteiger partial charge in [-0.15, -0.1) is 0 Å². The van der Waals surface area contributed by atoms with E-state index in [1.54, 1.807) is 0 Å². The Bertz CT molecular complexity index is 400. The van der Waals surface area contributed by atoms with E-state index in [2.05, 4.69) is 0 Å². The molecule has 0 aliphatic heterocycles. The Kier molecular flexibility index (Phi) is 3.20. The SMILES string of the molecule is Cc1ccc(C2(C(=O)O)CCC(O)CC2)cc1. The first-order valence-electron chi connectivity index (χ1n) is 6.03. The third kappa shape index (κ3) is 2.20. The summed E-state index contributed by atoms with van der Waals surface area (Å²) < 4.78 is 0. The number of carboxylic acid groups (broad SMARTS) is 1. The van der Waals surface area contributed by atoms with Crippen LogP contribution in [0.2, 0.25) is 0 Å². The molecule has 0 unspecified atom stereocenters. The van der Waals surface area contributed by atoms with Crippen molar-refractivity contribution in [3.8, 4) is 0 Å². The molecule has 92 valence electrons. The molecule has 0 spiro atoms. The van der Waals surface area contributed by atoms with E-state index in [4.69, 9.17) is 0 Å². The second kappa shape index (κ2) is 4.49. The number of aryl methyl sites for hydroxylation is 1. The van der Waals surface area contributed by atoms with Crippen molar-refractivity contribution >= 4 is 5.97 Å². The van der Waals surface area contributed by atoms with Crippen LogP contribution in [0.4, 0.5) is 0 Å². The van der Waals surface area contributed by atoms with Crippen LogP contribution in [0.25, 0.3) is 0 Å². The highest BCUT2D eigenvalue weighted by Crippen LogP contribution is 2.39. The van der Waals surface area contributed by atoms with Crippen LogP contribution in [-0.4, -0.2) is 22.3 Å². The third-order valence-electron chi connectivity index (χ3n) is 3.82. The van der Waals surface area contributed by atoms with Gasteiger partial charge in [0.1, 0.15) is 0 Å². The van der Waals surface area contributed by atoms with E-state index in [1.165, 1.54) is 0 Å². The number of hydrogen-bond acceptors (Lipinski definition) is 2. The van der Waals surface area contributed by atoms with Crippen LogP contribution in [0.5, 0.6) is 0 Å². The molecule has 1 fully saturated rings. The zero-order chi connectivity index (χ0) is 12.5. The van der Waals surface area contributed by atoms with Crippen molar-refractivity contribution in [1.29, 1.82) is 0 Å². The second-order valence-electron chi connectivity index (χ2n) is 4.98. The Labute approximate surface area is 101 Å². The smallest absolute Gasteiger partial charge is 0.314 e. The maximum atomic E-state index is 11.6. The second-order valence-corrected chi connectivity index (χ2v) is 4.98. The van der Waals surface area contributed by atoms with Crippen LogP contribution in [0.15, 0.2) is 24.3 Å². The van der Waals surface area contributed by atoms with Gasteiger partial charge in [0.05, 0.1) is 11.5 Å². The van der Waals surface area contributed by atoms with E-state index in [9.17, 15) is 15.0 Å². The number of hydrogen-bond donors (Lipinski definition) is 2. The molecule has 0 saturated heterocycles. The van der Waals surface area contributed by atoms with Gasteiger partial charge in [-0.05, 0) is 38.2 Å². The molecule has 0 bridgehead atoms. The van der Waals surface area contributed by atoms with Crippen LogP contribution >= 0.6 is 0 Å². The monoisotopic (exact) mass is 234 g/mol. The lowest BCUT2D eigenvalue weighted by Crippen LogP contribution is -2.40. The summed E-state index contributed by atoms with van der Waals surface area (Å²) in [6, 6.07) is 7.71. The number of benzene rings is 1. The molecule has 0 radical (unpaired) electrons. The Morgan fingerprint density at radius 1 is 1.24 bits per heavy atom. The summed E-state index contributed by atoms with van der Waals surface area (Å²) in [5, 5.41) is 19.0. The number of carbonyl (C=O) groups is 1. The Morgan fingerprint density at radius 3 is 2.24 bits per heavy atom. The maximum Gasteiger partial charge on any atom is 0.314 e. The molecular formula is C14H18O3. The van der Waals surface area contributed by atoms with Crippen molar-refractivity contribution in [2.45, 2.75) is 44.1 Å². The molecule has 1 aromatic carbocycles. The minimum Gasteiger partial charge on any atom is -0.481 e. The highest BCUT2D eigenvalue weighted by molar-refractivity contribution is 5.81. The van der Waals surface area contributed by atoms with E-state index in [-0.39, 0.29) is 6.10 Å². The number of rotatable bonds is 2. The number of aliphatic hydroxyl groups is 1. The van der Waals surface area contributed by atoms with Crippen LogP contribution in [-0.2, 0) is 10.2 Å². The average molecular weight is 234 g/mol. The molecule has 2 N–H and O–H groups in total. The molecule has 1 aromatic rings. The van der Waals surface area contributed by atoms with Gasteiger partial charge < -0.3 is 10.2 Å². The first-order chi connectivity index (χ1) is 8.04. The molecule has 0 aromatic heterocycles. The van der Waals surface area contributed by atoms with Gasteiger partial charge in [-0.3, -0.25) is 4.79 Å². The van der Waals surface area contributed by atoms with Gasteiger partial charge in [-0.1, -0.05) is 29.8 Å². The number of aliphatic carboxylic acids is 1. The first-order valence-corrected chi connectivity index (χ1v) is 6.03. The molecule has 0 amide bonds. The van der Waals surface area contributed by atoms with Gasteiger partial charge in [-0.25, -0.2) is 0 Å². The summed E-state index contributed by atoms with van der Waals surface area (Å²) in [6.45, 7) is 1.99. The predicted molar refractivity (Wildman–Crippen MR) is 65.0 cm³/mol. The molecule has 0 atom stereocenters. The highest BCUT2D eigenvalue weighted by atomic mass is 16.4. The normalized spacial score (nSPS) is 28.9. The molecule has 0 heterocycles. The topological polar surface area (TPSA) is 57.5 Å². The summed E-state index contributed by atoms with van der Waals surface area (Å²) in [7, 11) is 0. The zero-order valence-corrected chi connectivity index (χ0v) is 10.0. The van der Waals surface area contributed by atoms with E-state index in [0.29, 0.717) is 25.7 Å². The maximum absolute atomic E-state index is 11.6. The van der Waals surface area contributed by atoms with E-state index in [1.807, 2.05) is 31.2 Å². The quantitative estimate of drug-likeness (QED) is 0.825. The summed E-state index contributed by atoms with van der Waals surface area (Å²) in [6.07, 6.45) is 1.84. The largest absolute Gasteiger partial charge is 0.481 e. The predicted octanol–water partition coefficient (Wildman–Crippen LogP) is 2.25. The molecule has 1 aliphatic rings. The van der Waals surface area contributed by atoms with Crippen LogP contribution in [0.1, 0.15) is 36.8 Å². The number of carboxylic acids is 1. The van der Waals surface area contributed by atoms with Crippen molar-refractivity contribution in [2.75, 3.05) is 0 Å². The van der Waals surface area contributed by atoms with E-state index in [0.717, 1.165) is 11.1 Å². The molecule has 3 nitrogen and oxygen atoms in total. The van der Waals surface area contributed by atoms with Crippen LogP contribution in [0, 0.1) is 6.92 Å². The van der Waals surface area contributed by atoms with Crippen molar-refractivity contribution in [1.82, 2.24) is 0 Å². The van der Waals surface area contributed by atoms with E-state index < -0.39 is 11.4 Å². The summed E-state index contributed by atoms with van der Waals surface area (Å²) in [5.41, 5.74) is 1.19. The van der Waals surface area contributed by atoms with Crippen LogP contribution < -0.4 is 0 Å². The standard InChI is InChI=1S/C14H18O3/c1-10-2-4-11(5-3-10)14(13(16)17)8-6-12(15)7-9-14/h2-5,12,15H,6-9H2,1H3,(H,16,17). The van der Waals surface area contributed by atoms with Crippen molar-refractivity contribution in [3.05, 3.63) is 35.4 Å².